The van der Waals surface area contributed by atoms with E-state index in [1.54, 1.807) is 0 Å². The minimum atomic E-state index is -0.573. The van der Waals surface area contributed by atoms with Gasteiger partial charge in [-0.25, -0.2) is 0 Å². The molecule has 0 bridgehead atoms. The summed E-state index contributed by atoms with van der Waals surface area (Å²) in [4.78, 5) is 0. The van der Waals surface area contributed by atoms with Crippen molar-refractivity contribution in [1.29, 1.82) is 0 Å². The third kappa shape index (κ3) is 43.4. The highest BCUT2D eigenvalue weighted by molar-refractivity contribution is 4.85. The van der Waals surface area contributed by atoms with Gasteiger partial charge in [-0.2, -0.15) is 0 Å². The van der Waals surface area contributed by atoms with Crippen LogP contribution in [0.15, 0.2) is 0 Å². The Labute approximate surface area is 351 Å². The Bertz CT molecular complexity index is 688. The van der Waals surface area contributed by atoms with Crippen LogP contribution in [0.2, 0.25) is 0 Å². The van der Waals surface area contributed by atoms with E-state index in [9.17, 15) is 5.11 Å². The van der Waals surface area contributed by atoms with Crippen LogP contribution < -0.4 is 0 Å². The maximum Gasteiger partial charge on any atom is 0.0642 e. The second-order valence-electron chi connectivity index (χ2n) is 20.1. The highest BCUT2D eigenvalue weighted by atomic mass is 16.3. The van der Waals surface area contributed by atoms with Crippen molar-refractivity contribution in [3.8, 4) is 0 Å². The Morgan fingerprint density at radius 1 is 0.218 bits per heavy atom. The van der Waals surface area contributed by atoms with Gasteiger partial charge in [0.2, 0.25) is 0 Å². The number of hydrogen-bond acceptors (Lipinski definition) is 1. The van der Waals surface area contributed by atoms with E-state index in [4.69, 9.17) is 0 Å². The molecule has 0 heterocycles. The van der Waals surface area contributed by atoms with Crippen molar-refractivity contribution in [2.24, 2.45) is 5.41 Å². The fourth-order valence-corrected chi connectivity index (χ4v) is 8.72. The van der Waals surface area contributed by atoms with Gasteiger partial charge < -0.3 is 5.11 Å². The van der Waals surface area contributed by atoms with Gasteiger partial charge in [0.25, 0.3) is 0 Å². The van der Waals surface area contributed by atoms with Gasteiger partial charge in [0.1, 0.15) is 0 Å². The summed E-state index contributed by atoms with van der Waals surface area (Å²) < 4.78 is 0. The molecule has 0 aliphatic carbocycles. The Balaban J connectivity index is 3.11. The summed E-state index contributed by atoms with van der Waals surface area (Å²) in [5.74, 6) is 0. The quantitative estimate of drug-likeness (QED) is 0.0611. The molecular formula is C54H110O. The fraction of sp³-hybridized carbons (Fsp3) is 1.00. The zero-order chi connectivity index (χ0) is 40.2. The lowest BCUT2D eigenvalue weighted by molar-refractivity contribution is -0.0405. The first kappa shape index (κ1) is 55.0. The average molecular weight is 775 g/mol. The molecule has 0 aliphatic heterocycles. The molecule has 0 saturated heterocycles. The van der Waals surface area contributed by atoms with Crippen molar-refractivity contribution in [2.45, 2.75) is 342 Å². The Hall–Kier alpha value is -0.0400. The van der Waals surface area contributed by atoms with Gasteiger partial charge in [-0.05, 0) is 25.7 Å². The summed E-state index contributed by atoms with van der Waals surface area (Å²) in [5, 5.41) is 10.3. The van der Waals surface area contributed by atoms with Gasteiger partial charge in [-0.3, -0.25) is 0 Å². The van der Waals surface area contributed by atoms with Gasteiger partial charge in [0.15, 0.2) is 0 Å². The molecule has 0 fully saturated rings. The lowest BCUT2D eigenvalue weighted by atomic mass is 9.73. The third-order valence-corrected chi connectivity index (χ3v) is 13.8. The Morgan fingerprint density at radius 2 is 0.345 bits per heavy atom. The summed E-state index contributed by atoms with van der Waals surface area (Å²) in [5.41, 5.74) is -0.549. The van der Waals surface area contributed by atoms with E-state index in [-0.39, 0.29) is 5.41 Å². The van der Waals surface area contributed by atoms with Crippen LogP contribution in [0.3, 0.4) is 0 Å². The normalized spacial score (nSPS) is 12.3. The highest BCUT2D eigenvalue weighted by Crippen LogP contribution is 2.35. The van der Waals surface area contributed by atoms with Gasteiger partial charge in [0.05, 0.1) is 5.60 Å². The molecule has 332 valence electrons. The average Bonchev–Trinajstić information content (AvgIpc) is 3.15. The van der Waals surface area contributed by atoms with Crippen molar-refractivity contribution in [1.82, 2.24) is 0 Å². The summed E-state index contributed by atoms with van der Waals surface area (Å²) in [6, 6.07) is 0. The van der Waals surface area contributed by atoms with Crippen molar-refractivity contribution in [3.63, 3.8) is 0 Å². The molecule has 0 atom stereocenters. The van der Waals surface area contributed by atoms with Crippen molar-refractivity contribution < 1.29 is 5.11 Å². The van der Waals surface area contributed by atoms with E-state index in [2.05, 4.69) is 20.8 Å². The van der Waals surface area contributed by atoms with Gasteiger partial charge in [0, 0.05) is 0 Å². The minimum absolute atomic E-state index is 0.0242. The van der Waals surface area contributed by atoms with Crippen LogP contribution in [-0.4, -0.2) is 10.7 Å². The first-order valence-corrected chi connectivity index (χ1v) is 26.5. The molecular weight excluding hydrogens is 665 g/mol. The van der Waals surface area contributed by atoms with E-state index in [1.165, 1.54) is 295 Å². The molecule has 0 unspecified atom stereocenters. The molecule has 0 spiro atoms. The van der Waals surface area contributed by atoms with E-state index in [0.717, 1.165) is 6.42 Å². The zero-order valence-electron chi connectivity index (χ0n) is 39.7. The van der Waals surface area contributed by atoms with Crippen LogP contribution in [0.4, 0.5) is 0 Å². The molecule has 0 amide bonds. The Morgan fingerprint density at radius 3 is 0.473 bits per heavy atom. The summed E-state index contributed by atoms with van der Waals surface area (Å²) in [6.07, 6.45) is 68.6. The predicted molar refractivity (Wildman–Crippen MR) is 253 cm³/mol. The molecule has 0 aliphatic rings. The van der Waals surface area contributed by atoms with Gasteiger partial charge in [-0.15, -0.1) is 0 Å². The van der Waals surface area contributed by atoms with E-state index in [0.29, 0.717) is 0 Å². The number of unbranched alkanes of at least 4 members (excludes halogenated alkanes) is 45. The lowest BCUT2D eigenvalue weighted by Gasteiger charge is -2.37. The molecule has 0 aromatic heterocycles. The van der Waals surface area contributed by atoms with Gasteiger partial charge >= 0.3 is 0 Å². The van der Waals surface area contributed by atoms with Crippen LogP contribution in [-0.2, 0) is 0 Å². The first-order chi connectivity index (χ1) is 26.8. The molecule has 1 N–H and O–H groups in total. The molecule has 0 saturated carbocycles. The van der Waals surface area contributed by atoms with E-state index >= 15 is 0 Å². The van der Waals surface area contributed by atoms with Crippen LogP contribution >= 0.6 is 0 Å². The molecule has 1 nitrogen and oxygen atoms in total. The molecule has 1 heteroatoms. The van der Waals surface area contributed by atoms with Crippen molar-refractivity contribution in [3.05, 3.63) is 0 Å². The number of rotatable bonds is 48. The molecule has 0 radical (unpaired) electrons. The second-order valence-corrected chi connectivity index (χ2v) is 20.1. The third-order valence-electron chi connectivity index (χ3n) is 13.8. The zero-order valence-corrected chi connectivity index (χ0v) is 39.7. The second kappa shape index (κ2) is 43.5. The summed E-state index contributed by atoms with van der Waals surface area (Å²) in [7, 11) is 0. The van der Waals surface area contributed by atoms with E-state index < -0.39 is 5.60 Å². The highest BCUT2D eigenvalue weighted by Gasteiger charge is 2.34. The number of aliphatic hydroxyl groups is 1. The van der Waals surface area contributed by atoms with Crippen LogP contribution in [0.25, 0.3) is 0 Å². The predicted octanol–water partition coefficient (Wildman–Crippen LogP) is 20.1. The Kier molecular flexibility index (Phi) is 43.5. The lowest BCUT2D eigenvalue weighted by Crippen LogP contribution is -2.38. The van der Waals surface area contributed by atoms with E-state index in [1.807, 2.05) is 13.8 Å². The molecule has 0 rings (SSSR count). The van der Waals surface area contributed by atoms with Crippen LogP contribution in [0.1, 0.15) is 336 Å². The molecule has 0 aromatic carbocycles. The van der Waals surface area contributed by atoms with Crippen LogP contribution in [0, 0.1) is 5.41 Å². The maximum absolute atomic E-state index is 10.3. The smallest absolute Gasteiger partial charge is 0.0642 e. The fourth-order valence-electron chi connectivity index (χ4n) is 8.72. The van der Waals surface area contributed by atoms with Crippen molar-refractivity contribution >= 4 is 0 Å². The monoisotopic (exact) mass is 775 g/mol. The van der Waals surface area contributed by atoms with Crippen LogP contribution in [0.5, 0.6) is 0 Å². The molecule has 55 heavy (non-hydrogen) atoms. The SMILES string of the molecule is CCCCCCCCCCCCCCCCCCCCCCCCCCCCCCCCCCCCCCCCCCCCCCCCC(C)(C)C(C)(C)O. The minimum Gasteiger partial charge on any atom is -0.390 e. The number of hydrogen-bond donors (Lipinski definition) is 1. The largest absolute Gasteiger partial charge is 0.390 e. The summed E-state index contributed by atoms with van der Waals surface area (Å²) in [6.45, 7) is 10.6. The summed E-state index contributed by atoms with van der Waals surface area (Å²) >= 11 is 0. The van der Waals surface area contributed by atoms with Gasteiger partial charge in [-0.1, -0.05) is 316 Å². The first-order valence-electron chi connectivity index (χ1n) is 26.5. The molecule has 0 aromatic rings. The van der Waals surface area contributed by atoms with Crippen molar-refractivity contribution in [2.75, 3.05) is 0 Å². The standard InChI is InChI=1S/C54H110O/c1-6-7-8-9-10-11-12-13-14-15-16-17-18-19-20-21-22-23-24-25-26-27-28-29-30-31-32-33-34-35-36-37-38-39-40-41-42-43-44-45-46-47-48-49-50-51-52-53(2,3)54(4,5)55/h55H,6-52H2,1-5H3. The topological polar surface area (TPSA) is 20.2 Å². The maximum atomic E-state index is 10.3.